The Labute approximate surface area is 222 Å². The predicted octanol–water partition coefficient (Wildman–Crippen LogP) is 6.52. The van der Waals surface area contributed by atoms with Gasteiger partial charge in [-0.1, -0.05) is 54.1 Å². The van der Waals surface area contributed by atoms with E-state index in [9.17, 15) is 14.3 Å². The Morgan fingerprint density at radius 2 is 1.29 bits per heavy atom. The van der Waals surface area contributed by atoms with E-state index in [0.29, 0.717) is 31.1 Å². The highest BCUT2D eigenvalue weighted by Crippen LogP contribution is 2.30. The van der Waals surface area contributed by atoms with Crippen LogP contribution in [-0.2, 0) is 17.9 Å². The second-order valence-corrected chi connectivity index (χ2v) is 9.13. The number of carbonyl (C=O) groups is 1. The van der Waals surface area contributed by atoms with Gasteiger partial charge in [-0.3, -0.25) is 9.69 Å². The Morgan fingerprint density at radius 1 is 0.816 bits per heavy atom. The molecular formula is C31H31FN2O4. The average Bonchev–Trinajstić information content (AvgIpc) is 2.91. The Bertz CT molecular complexity index is 1250. The van der Waals surface area contributed by atoms with Gasteiger partial charge in [0.1, 0.15) is 34.9 Å². The first kappa shape index (κ1) is 26.9. The summed E-state index contributed by atoms with van der Waals surface area (Å²) in [4.78, 5) is 13.5. The number of aryl methyl sites for hydroxylation is 1. The second-order valence-electron chi connectivity index (χ2n) is 9.13. The van der Waals surface area contributed by atoms with Crippen molar-refractivity contribution in [3.05, 3.63) is 120 Å². The number of nitrogens with two attached hydrogens (primary N) is 1. The minimum absolute atomic E-state index is 0.275. The van der Waals surface area contributed by atoms with Crippen molar-refractivity contribution >= 4 is 5.97 Å². The summed E-state index contributed by atoms with van der Waals surface area (Å²) >= 11 is 0. The van der Waals surface area contributed by atoms with Crippen LogP contribution in [0.25, 0.3) is 0 Å². The zero-order valence-electron chi connectivity index (χ0n) is 21.2. The molecule has 7 heteroatoms. The van der Waals surface area contributed by atoms with E-state index in [1.54, 1.807) is 12.1 Å². The number of aliphatic carboxylic acids is 1. The number of nitrogens with zero attached hydrogens (tertiary/aromatic N) is 1. The molecular weight excluding hydrogens is 483 g/mol. The fraction of sp³-hybridized carbons (Fsp3) is 0.194. The third-order valence-electron chi connectivity index (χ3n) is 6.10. The summed E-state index contributed by atoms with van der Waals surface area (Å²) in [6, 6.07) is 28.1. The van der Waals surface area contributed by atoms with Crippen LogP contribution >= 0.6 is 0 Å². The van der Waals surface area contributed by atoms with Crippen LogP contribution in [0.1, 0.15) is 23.1 Å². The number of benzene rings is 4. The van der Waals surface area contributed by atoms with Gasteiger partial charge in [0.25, 0.3) is 0 Å². The minimum atomic E-state index is -1.03. The molecule has 6 nitrogen and oxygen atoms in total. The van der Waals surface area contributed by atoms with E-state index in [-0.39, 0.29) is 12.2 Å². The first-order valence-electron chi connectivity index (χ1n) is 12.4. The number of para-hydroxylation sites is 2. The first-order valence-corrected chi connectivity index (χ1v) is 12.4. The Kier molecular flexibility index (Phi) is 9.08. The van der Waals surface area contributed by atoms with Crippen LogP contribution in [0.2, 0.25) is 0 Å². The average molecular weight is 515 g/mol. The highest BCUT2D eigenvalue weighted by atomic mass is 19.1. The molecule has 0 heterocycles. The topological polar surface area (TPSA) is 85.0 Å². The van der Waals surface area contributed by atoms with Crippen molar-refractivity contribution in [2.75, 3.05) is 6.54 Å². The zero-order chi connectivity index (χ0) is 26.9. The molecule has 0 aliphatic heterocycles. The fourth-order valence-electron chi connectivity index (χ4n) is 3.97. The lowest BCUT2D eigenvalue weighted by Gasteiger charge is -2.25. The summed E-state index contributed by atoms with van der Waals surface area (Å²) < 4.78 is 25.6. The van der Waals surface area contributed by atoms with Crippen molar-refractivity contribution < 1.29 is 23.8 Å². The summed E-state index contributed by atoms with van der Waals surface area (Å²) in [6.45, 7) is 3.44. The molecule has 4 aromatic carbocycles. The van der Waals surface area contributed by atoms with E-state index >= 15 is 0 Å². The SMILES string of the molecule is Cc1ccc(Oc2ccccc2CN(CC[C@H](N)C(=O)O)Cc2ccccc2Oc2ccc(F)cc2)cc1. The van der Waals surface area contributed by atoms with Crippen molar-refractivity contribution in [3.63, 3.8) is 0 Å². The fourth-order valence-corrected chi connectivity index (χ4v) is 3.97. The van der Waals surface area contributed by atoms with Crippen LogP contribution in [0, 0.1) is 12.7 Å². The summed E-state index contributed by atoms with van der Waals surface area (Å²) in [5.74, 6) is 1.25. The van der Waals surface area contributed by atoms with Crippen molar-refractivity contribution in [2.24, 2.45) is 5.73 Å². The molecule has 0 aliphatic rings. The number of halogens is 1. The molecule has 0 saturated carbocycles. The molecule has 1 atom stereocenters. The summed E-state index contributed by atoms with van der Waals surface area (Å²) in [5.41, 5.74) is 8.83. The largest absolute Gasteiger partial charge is 0.480 e. The van der Waals surface area contributed by atoms with Gasteiger partial charge in [0.2, 0.25) is 0 Å². The summed E-state index contributed by atoms with van der Waals surface area (Å²) in [5, 5.41) is 9.32. The number of carboxylic acids is 1. The molecule has 0 bridgehead atoms. The molecule has 3 N–H and O–H groups in total. The first-order chi connectivity index (χ1) is 18.4. The van der Waals surface area contributed by atoms with Gasteiger partial charge in [-0.2, -0.15) is 0 Å². The van der Waals surface area contributed by atoms with Crippen molar-refractivity contribution in [3.8, 4) is 23.0 Å². The lowest BCUT2D eigenvalue weighted by molar-refractivity contribution is -0.138. The molecule has 0 saturated heterocycles. The van der Waals surface area contributed by atoms with Gasteiger partial charge in [0.15, 0.2) is 0 Å². The van der Waals surface area contributed by atoms with E-state index < -0.39 is 12.0 Å². The van der Waals surface area contributed by atoms with Gasteiger partial charge in [-0.05, 0) is 61.9 Å². The molecule has 0 amide bonds. The van der Waals surface area contributed by atoms with Gasteiger partial charge in [0, 0.05) is 30.8 Å². The van der Waals surface area contributed by atoms with Crippen molar-refractivity contribution in [1.82, 2.24) is 4.90 Å². The normalized spacial score (nSPS) is 11.8. The van der Waals surface area contributed by atoms with Gasteiger partial charge in [-0.15, -0.1) is 0 Å². The summed E-state index contributed by atoms with van der Waals surface area (Å²) in [7, 11) is 0. The standard InChI is InChI=1S/C31H31FN2O4/c1-22-10-14-26(15-11-22)37-29-8-4-2-6-23(29)20-34(19-18-28(33)31(35)36)21-24-7-3-5-9-30(24)38-27-16-12-25(32)13-17-27/h2-17,28H,18-21,33H2,1H3,(H,35,36)/t28-/m0/s1. The maximum absolute atomic E-state index is 13.4. The molecule has 196 valence electrons. The minimum Gasteiger partial charge on any atom is -0.480 e. The van der Waals surface area contributed by atoms with Crippen molar-refractivity contribution in [1.29, 1.82) is 0 Å². The highest BCUT2D eigenvalue weighted by molar-refractivity contribution is 5.73. The maximum Gasteiger partial charge on any atom is 0.320 e. The predicted molar refractivity (Wildman–Crippen MR) is 145 cm³/mol. The van der Waals surface area contributed by atoms with Gasteiger partial charge >= 0.3 is 5.97 Å². The van der Waals surface area contributed by atoms with Crippen LogP contribution in [0.15, 0.2) is 97.1 Å². The second kappa shape index (κ2) is 12.9. The van der Waals surface area contributed by atoms with Gasteiger partial charge < -0.3 is 20.3 Å². The van der Waals surface area contributed by atoms with E-state index in [1.165, 1.54) is 12.1 Å². The van der Waals surface area contributed by atoms with Crippen molar-refractivity contribution in [2.45, 2.75) is 32.5 Å². The lowest BCUT2D eigenvalue weighted by Crippen LogP contribution is -2.35. The third kappa shape index (κ3) is 7.65. The highest BCUT2D eigenvalue weighted by Gasteiger charge is 2.18. The Balaban J connectivity index is 1.57. The molecule has 0 aromatic heterocycles. The smallest absolute Gasteiger partial charge is 0.320 e. The van der Waals surface area contributed by atoms with E-state index in [0.717, 1.165) is 28.2 Å². The van der Waals surface area contributed by atoms with E-state index in [1.807, 2.05) is 79.7 Å². The van der Waals surface area contributed by atoms with Crippen LogP contribution < -0.4 is 15.2 Å². The quantitative estimate of drug-likeness (QED) is 0.224. The summed E-state index contributed by atoms with van der Waals surface area (Å²) in [6.07, 6.45) is 0.275. The lowest BCUT2D eigenvalue weighted by atomic mass is 10.1. The molecule has 0 unspecified atom stereocenters. The number of hydrogen-bond donors (Lipinski definition) is 2. The van der Waals surface area contributed by atoms with Crippen LogP contribution in [0.5, 0.6) is 23.0 Å². The van der Waals surface area contributed by atoms with Crippen LogP contribution in [0.4, 0.5) is 4.39 Å². The van der Waals surface area contributed by atoms with Crippen LogP contribution in [0.3, 0.4) is 0 Å². The van der Waals surface area contributed by atoms with E-state index in [4.69, 9.17) is 15.2 Å². The molecule has 4 rings (SSSR count). The maximum atomic E-state index is 13.4. The number of rotatable bonds is 12. The molecule has 0 radical (unpaired) electrons. The van der Waals surface area contributed by atoms with Gasteiger partial charge in [0.05, 0.1) is 0 Å². The van der Waals surface area contributed by atoms with Gasteiger partial charge in [-0.25, -0.2) is 4.39 Å². The molecule has 0 fully saturated rings. The molecule has 0 spiro atoms. The monoisotopic (exact) mass is 514 g/mol. The third-order valence-corrected chi connectivity index (χ3v) is 6.10. The molecule has 0 aliphatic carbocycles. The Morgan fingerprint density at radius 3 is 1.79 bits per heavy atom. The Hall–Kier alpha value is -4.20. The van der Waals surface area contributed by atoms with E-state index in [2.05, 4.69) is 4.90 Å². The number of ether oxygens (including phenoxy) is 2. The molecule has 4 aromatic rings. The number of hydrogen-bond acceptors (Lipinski definition) is 5. The zero-order valence-corrected chi connectivity index (χ0v) is 21.2. The molecule has 38 heavy (non-hydrogen) atoms. The van der Waals surface area contributed by atoms with Crippen LogP contribution in [-0.4, -0.2) is 28.6 Å². The number of carboxylic acid groups (broad SMARTS) is 1.